The first kappa shape index (κ1) is 16.4. The van der Waals surface area contributed by atoms with Crippen LogP contribution in [0.4, 0.5) is 0 Å². The van der Waals surface area contributed by atoms with E-state index in [9.17, 15) is 9.59 Å². The second-order valence-electron chi connectivity index (χ2n) is 4.10. The molecule has 110 valence electrons. The van der Waals surface area contributed by atoms with Crippen LogP contribution in [0, 0.1) is 0 Å². The Kier molecular flexibility index (Phi) is 6.93. The van der Waals surface area contributed by atoms with E-state index in [1.54, 1.807) is 36.0 Å². The Balaban J connectivity index is 2.65. The number of nitrogens with one attached hydrogen (secondary N) is 1. The van der Waals surface area contributed by atoms with E-state index in [1.807, 2.05) is 13.2 Å². The molecule has 0 saturated carbocycles. The lowest BCUT2D eigenvalue weighted by molar-refractivity contribution is -0.139. The second kappa shape index (κ2) is 8.47. The van der Waals surface area contributed by atoms with Gasteiger partial charge in [-0.25, -0.2) is 4.79 Å². The van der Waals surface area contributed by atoms with Crippen LogP contribution >= 0.6 is 11.8 Å². The van der Waals surface area contributed by atoms with Crippen molar-refractivity contribution in [1.29, 1.82) is 0 Å². The van der Waals surface area contributed by atoms with Crippen molar-refractivity contribution in [3.63, 3.8) is 0 Å². The zero-order chi connectivity index (χ0) is 15.0. The zero-order valence-electron chi connectivity index (χ0n) is 11.6. The minimum absolute atomic E-state index is 0.387. The Labute approximate surface area is 122 Å². The number of benzene rings is 1. The molecule has 0 fully saturated rings. The molecule has 0 radical (unpaired) electrons. The van der Waals surface area contributed by atoms with Crippen LogP contribution in [0.25, 0.3) is 0 Å². The van der Waals surface area contributed by atoms with Gasteiger partial charge in [0.05, 0.1) is 6.61 Å². The third kappa shape index (κ3) is 5.13. The number of carboxylic acids is 1. The van der Waals surface area contributed by atoms with Gasteiger partial charge < -0.3 is 15.2 Å². The number of carbonyl (C=O) groups is 2. The van der Waals surface area contributed by atoms with Gasteiger partial charge in [-0.15, -0.1) is 0 Å². The highest BCUT2D eigenvalue weighted by Crippen LogP contribution is 2.12. The minimum atomic E-state index is -1.02. The van der Waals surface area contributed by atoms with Crippen LogP contribution in [0.3, 0.4) is 0 Å². The van der Waals surface area contributed by atoms with E-state index < -0.39 is 12.0 Å². The van der Waals surface area contributed by atoms with Crippen LogP contribution < -0.4 is 10.1 Å². The van der Waals surface area contributed by atoms with E-state index in [0.717, 1.165) is 0 Å². The van der Waals surface area contributed by atoms with Gasteiger partial charge in [-0.3, -0.25) is 4.79 Å². The quantitative estimate of drug-likeness (QED) is 0.768. The molecule has 0 heterocycles. The van der Waals surface area contributed by atoms with Gasteiger partial charge in [0.2, 0.25) is 0 Å². The number of hydrogen-bond donors (Lipinski definition) is 2. The fourth-order valence-electron chi connectivity index (χ4n) is 1.60. The van der Waals surface area contributed by atoms with Gasteiger partial charge in [-0.2, -0.15) is 11.8 Å². The van der Waals surface area contributed by atoms with Crippen molar-refractivity contribution >= 4 is 23.6 Å². The van der Waals surface area contributed by atoms with E-state index in [1.165, 1.54) is 0 Å². The molecule has 1 aromatic carbocycles. The highest BCUT2D eigenvalue weighted by atomic mass is 32.2. The molecule has 0 bridgehead atoms. The fraction of sp³-hybridized carbons (Fsp3) is 0.429. The van der Waals surface area contributed by atoms with Gasteiger partial charge in [-0.05, 0) is 49.6 Å². The summed E-state index contributed by atoms with van der Waals surface area (Å²) in [6.45, 7) is 2.44. The van der Waals surface area contributed by atoms with E-state index in [-0.39, 0.29) is 5.91 Å². The summed E-state index contributed by atoms with van der Waals surface area (Å²) in [7, 11) is 0. The number of rotatable bonds is 8. The maximum absolute atomic E-state index is 12.0. The van der Waals surface area contributed by atoms with E-state index >= 15 is 0 Å². The Morgan fingerprint density at radius 3 is 2.50 bits per heavy atom. The molecule has 0 aliphatic heterocycles. The van der Waals surface area contributed by atoms with Crippen LogP contribution in [-0.2, 0) is 4.79 Å². The zero-order valence-corrected chi connectivity index (χ0v) is 12.4. The molecule has 1 rings (SSSR count). The van der Waals surface area contributed by atoms with Gasteiger partial charge in [0.1, 0.15) is 11.8 Å². The monoisotopic (exact) mass is 297 g/mol. The van der Waals surface area contributed by atoms with E-state index in [0.29, 0.717) is 30.1 Å². The van der Waals surface area contributed by atoms with Gasteiger partial charge in [0.25, 0.3) is 5.91 Å². The molecule has 20 heavy (non-hydrogen) atoms. The first-order chi connectivity index (χ1) is 9.58. The maximum Gasteiger partial charge on any atom is 0.326 e. The molecule has 1 atom stereocenters. The highest BCUT2D eigenvalue weighted by Gasteiger charge is 2.20. The molecular formula is C14H19NO4S. The van der Waals surface area contributed by atoms with E-state index in [2.05, 4.69) is 5.32 Å². The van der Waals surface area contributed by atoms with Gasteiger partial charge >= 0.3 is 5.97 Å². The van der Waals surface area contributed by atoms with Crippen molar-refractivity contribution in [2.24, 2.45) is 0 Å². The number of aliphatic carboxylic acids is 1. The SMILES string of the molecule is CCOc1ccc(C(=O)N[C@H](CCSC)C(=O)O)cc1. The molecule has 0 saturated heterocycles. The topological polar surface area (TPSA) is 75.6 Å². The summed E-state index contributed by atoms with van der Waals surface area (Å²) in [4.78, 5) is 23.0. The number of ether oxygens (including phenoxy) is 1. The molecule has 0 spiro atoms. The van der Waals surface area contributed by atoms with Crippen LogP contribution in [0.2, 0.25) is 0 Å². The van der Waals surface area contributed by atoms with Crippen LogP contribution in [0.5, 0.6) is 5.75 Å². The normalized spacial score (nSPS) is 11.7. The number of carboxylic acid groups (broad SMARTS) is 1. The summed E-state index contributed by atoms with van der Waals surface area (Å²) in [6.07, 6.45) is 2.30. The third-order valence-corrected chi connectivity index (χ3v) is 3.29. The molecule has 1 aromatic rings. The van der Waals surface area contributed by atoms with Gasteiger partial charge in [-0.1, -0.05) is 0 Å². The predicted molar refractivity (Wildman–Crippen MR) is 79.5 cm³/mol. The lowest BCUT2D eigenvalue weighted by Gasteiger charge is -2.14. The summed E-state index contributed by atoms with van der Waals surface area (Å²) < 4.78 is 5.28. The van der Waals surface area contributed by atoms with Gasteiger partial charge in [0.15, 0.2) is 0 Å². The van der Waals surface area contributed by atoms with Crippen LogP contribution in [0.15, 0.2) is 24.3 Å². The molecule has 6 heteroatoms. The Hall–Kier alpha value is -1.69. The van der Waals surface area contributed by atoms with Crippen molar-refractivity contribution < 1.29 is 19.4 Å². The third-order valence-electron chi connectivity index (χ3n) is 2.64. The molecule has 0 aliphatic rings. The standard InChI is InChI=1S/C14H19NO4S/c1-3-19-11-6-4-10(5-7-11)13(16)15-12(14(17)18)8-9-20-2/h4-7,12H,3,8-9H2,1-2H3,(H,15,16)(H,17,18)/t12-/m1/s1. The number of amides is 1. The van der Waals surface area contributed by atoms with Crippen LogP contribution in [-0.4, -0.2) is 41.6 Å². The van der Waals surface area contributed by atoms with Crippen molar-refractivity contribution in [1.82, 2.24) is 5.32 Å². The predicted octanol–water partition coefficient (Wildman–Crippen LogP) is 2.02. The fourth-order valence-corrected chi connectivity index (χ4v) is 2.08. The summed E-state index contributed by atoms with van der Waals surface area (Å²) in [5.41, 5.74) is 0.420. The van der Waals surface area contributed by atoms with Crippen LogP contribution in [0.1, 0.15) is 23.7 Å². The van der Waals surface area contributed by atoms with E-state index in [4.69, 9.17) is 9.84 Å². The summed E-state index contributed by atoms with van der Waals surface area (Å²) in [6, 6.07) is 5.76. The molecule has 5 nitrogen and oxygen atoms in total. The maximum atomic E-state index is 12.0. The second-order valence-corrected chi connectivity index (χ2v) is 5.09. The largest absolute Gasteiger partial charge is 0.494 e. The molecular weight excluding hydrogens is 278 g/mol. The number of hydrogen-bond acceptors (Lipinski definition) is 4. The minimum Gasteiger partial charge on any atom is -0.494 e. The Morgan fingerprint density at radius 2 is 2.00 bits per heavy atom. The lowest BCUT2D eigenvalue weighted by atomic mass is 10.1. The first-order valence-electron chi connectivity index (χ1n) is 6.34. The average Bonchev–Trinajstić information content (AvgIpc) is 2.44. The molecule has 0 unspecified atom stereocenters. The number of carbonyl (C=O) groups excluding carboxylic acids is 1. The number of thioether (sulfide) groups is 1. The Bertz CT molecular complexity index is 447. The summed E-state index contributed by atoms with van der Waals surface area (Å²) in [5.74, 6) is -0.0401. The van der Waals surface area contributed by atoms with Gasteiger partial charge in [0, 0.05) is 5.56 Å². The average molecular weight is 297 g/mol. The molecule has 2 N–H and O–H groups in total. The van der Waals surface area contributed by atoms with Crippen molar-refractivity contribution in [3.8, 4) is 5.75 Å². The highest BCUT2D eigenvalue weighted by molar-refractivity contribution is 7.98. The smallest absolute Gasteiger partial charge is 0.326 e. The van der Waals surface area contributed by atoms with Crippen molar-refractivity contribution in [3.05, 3.63) is 29.8 Å². The van der Waals surface area contributed by atoms with Crippen molar-refractivity contribution in [2.75, 3.05) is 18.6 Å². The Morgan fingerprint density at radius 1 is 1.35 bits per heavy atom. The molecule has 0 aliphatic carbocycles. The lowest BCUT2D eigenvalue weighted by Crippen LogP contribution is -2.41. The summed E-state index contributed by atoms with van der Waals surface area (Å²) in [5, 5.41) is 11.6. The first-order valence-corrected chi connectivity index (χ1v) is 7.73. The molecule has 0 aromatic heterocycles. The summed E-state index contributed by atoms with van der Waals surface area (Å²) >= 11 is 1.55. The van der Waals surface area contributed by atoms with Crippen molar-refractivity contribution in [2.45, 2.75) is 19.4 Å². The molecule has 1 amide bonds.